The molecule has 1 fully saturated rings. The minimum Gasteiger partial charge on any atom is -0.333 e. The molecule has 17 heavy (non-hydrogen) atoms. The average molecular weight is 253 g/mol. The summed E-state index contributed by atoms with van der Waals surface area (Å²) in [6.07, 6.45) is 0. The molecule has 0 bridgehead atoms. The molecule has 1 aromatic carbocycles. The fourth-order valence-electron chi connectivity index (χ4n) is 2.20. The summed E-state index contributed by atoms with van der Waals surface area (Å²) >= 11 is 5.82. The number of nitrogens with zero attached hydrogens (tertiary/aromatic N) is 2. The van der Waals surface area contributed by atoms with Gasteiger partial charge in [-0.2, -0.15) is 0 Å². The van der Waals surface area contributed by atoms with E-state index in [0.29, 0.717) is 10.6 Å². The fourth-order valence-corrected chi connectivity index (χ4v) is 2.33. The van der Waals surface area contributed by atoms with Gasteiger partial charge in [-0.15, -0.1) is 0 Å². The molecule has 92 valence electrons. The first-order chi connectivity index (χ1) is 8.08. The summed E-state index contributed by atoms with van der Waals surface area (Å²) in [5.41, 5.74) is 0.714. The maximum absolute atomic E-state index is 12.3. The third kappa shape index (κ3) is 2.79. The highest BCUT2D eigenvalue weighted by atomic mass is 35.5. The molecule has 1 amide bonds. The van der Waals surface area contributed by atoms with Crippen LogP contribution in [0.25, 0.3) is 0 Å². The van der Waals surface area contributed by atoms with Crippen LogP contribution in [-0.4, -0.2) is 48.4 Å². The lowest BCUT2D eigenvalue weighted by Crippen LogP contribution is -2.52. The highest BCUT2D eigenvalue weighted by molar-refractivity contribution is 6.30. The average Bonchev–Trinajstić information content (AvgIpc) is 2.29. The molecule has 1 atom stereocenters. The summed E-state index contributed by atoms with van der Waals surface area (Å²) in [6, 6.07) is 7.35. The van der Waals surface area contributed by atoms with Crippen molar-refractivity contribution in [2.24, 2.45) is 0 Å². The van der Waals surface area contributed by atoms with E-state index in [1.165, 1.54) is 0 Å². The molecule has 0 N–H and O–H groups in total. The number of carbonyl (C=O) groups excluding carboxylic acids is 1. The Labute approximate surface area is 107 Å². The second-order valence-corrected chi connectivity index (χ2v) is 5.05. The van der Waals surface area contributed by atoms with Crippen LogP contribution in [0.4, 0.5) is 0 Å². The van der Waals surface area contributed by atoms with Gasteiger partial charge in [0.15, 0.2) is 0 Å². The molecule has 1 heterocycles. The first-order valence-corrected chi connectivity index (χ1v) is 6.21. The minimum atomic E-state index is 0.0993. The van der Waals surface area contributed by atoms with Gasteiger partial charge in [-0.05, 0) is 38.2 Å². The first-order valence-electron chi connectivity index (χ1n) is 5.83. The van der Waals surface area contributed by atoms with E-state index in [2.05, 4.69) is 18.9 Å². The molecule has 1 unspecified atom stereocenters. The summed E-state index contributed by atoms with van der Waals surface area (Å²) in [7, 11) is 2.08. The van der Waals surface area contributed by atoms with Gasteiger partial charge in [-0.25, -0.2) is 0 Å². The van der Waals surface area contributed by atoms with Crippen molar-refractivity contribution in [3.8, 4) is 0 Å². The van der Waals surface area contributed by atoms with Crippen molar-refractivity contribution >= 4 is 17.5 Å². The maximum Gasteiger partial charge on any atom is 0.254 e. The summed E-state index contributed by atoms with van der Waals surface area (Å²) in [6.45, 7) is 4.74. The van der Waals surface area contributed by atoms with Gasteiger partial charge in [-0.1, -0.05) is 11.6 Å². The third-order valence-electron chi connectivity index (χ3n) is 3.18. The normalized spacial score (nSPS) is 21.6. The van der Waals surface area contributed by atoms with E-state index in [1.807, 2.05) is 4.90 Å². The van der Waals surface area contributed by atoms with Gasteiger partial charge in [-0.3, -0.25) is 4.79 Å². The number of likely N-dealkylation sites (N-methyl/N-ethyl adjacent to an activating group) is 1. The molecule has 3 nitrogen and oxygen atoms in total. The van der Waals surface area contributed by atoms with Crippen molar-refractivity contribution in [3.05, 3.63) is 34.9 Å². The SMILES string of the molecule is CC1CN(C)CCN1C(=O)c1ccc(Cl)cc1. The van der Waals surface area contributed by atoms with Crippen molar-refractivity contribution < 1.29 is 4.79 Å². The maximum atomic E-state index is 12.3. The first kappa shape index (κ1) is 12.4. The van der Waals surface area contributed by atoms with Crippen LogP contribution >= 0.6 is 11.6 Å². The topological polar surface area (TPSA) is 23.6 Å². The van der Waals surface area contributed by atoms with E-state index in [4.69, 9.17) is 11.6 Å². The fraction of sp³-hybridized carbons (Fsp3) is 0.462. The number of hydrogen-bond donors (Lipinski definition) is 0. The Balaban J connectivity index is 2.12. The predicted molar refractivity (Wildman–Crippen MR) is 69.4 cm³/mol. The van der Waals surface area contributed by atoms with Crippen molar-refractivity contribution in [2.45, 2.75) is 13.0 Å². The number of benzene rings is 1. The summed E-state index contributed by atoms with van der Waals surface area (Å²) < 4.78 is 0. The van der Waals surface area contributed by atoms with Crippen LogP contribution in [0.2, 0.25) is 5.02 Å². The Hall–Kier alpha value is -1.06. The monoisotopic (exact) mass is 252 g/mol. The third-order valence-corrected chi connectivity index (χ3v) is 3.43. The lowest BCUT2D eigenvalue weighted by Gasteiger charge is -2.38. The van der Waals surface area contributed by atoms with E-state index in [0.717, 1.165) is 19.6 Å². The molecule has 1 saturated heterocycles. The van der Waals surface area contributed by atoms with E-state index in [9.17, 15) is 4.79 Å². The molecule has 1 aliphatic heterocycles. The molecule has 1 aliphatic rings. The number of rotatable bonds is 1. The van der Waals surface area contributed by atoms with E-state index < -0.39 is 0 Å². The molecule has 0 spiro atoms. The van der Waals surface area contributed by atoms with Crippen LogP contribution < -0.4 is 0 Å². The zero-order valence-electron chi connectivity index (χ0n) is 10.2. The highest BCUT2D eigenvalue weighted by Crippen LogP contribution is 2.15. The van der Waals surface area contributed by atoms with E-state index in [1.54, 1.807) is 24.3 Å². The van der Waals surface area contributed by atoms with Crippen molar-refractivity contribution in [3.63, 3.8) is 0 Å². The van der Waals surface area contributed by atoms with Crippen molar-refractivity contribution in [2.75, 3.05) is 26.7 Å². The summed E-state index contributed by atoms with van der Waals surface area (Å²) in [5.74, 6) is 0.0993. The van der Waals surface area contributed by atoms with Crippen LogP contribution in [0, 0.1) is 0 Å². The van der Waals surface area contributed by atoms with Gasteiger partial charge in [0.2, 0.25) is 0 Å². The van der Waals surface area contributed by atoms with E-state index in [-0.39, 0.29) is 11.9 Å². The summed E-state index contributed by atoms with van der Waals surface area (Å²) in [4.78, 5) is 16.5. The Morgan fingerprint density at radius 2 is 1.94 bits per heavy atom. The van der Waals surface area contributed by atoms with Gasteiger partial charge >= 0.3 is 0 Å². The summed E-state index contributed by atoms with van der Waals surface area (Å²) in [5, 5.41) is 0.660. The van der Waals surface area contributed by atoms with E-state index >= 15 is 0 Å². The lowest BCUT2D eigenvalue weighted by atomic mass is 10.1. The molecule has 0 saturated carbocycles. The smallest absolute Gasteiger partial charge is 0.254 e. The minimum absolute atomic E-state index is 0.0993. The second kappa shape index (κ2) is 5.07. The second-order valence-electron chi connectivity index (χ2n) is 4.62. The molecular weight excluding hydrogens is 236 g/mol. The zero-order valence-corrected chi connectivity index (χ0v) is 10.9. The number of halogens is 1. The van der Waals surface area contributed by atoms with Gasteiger partial charge in [0.1, 0.15) is 0 Å². The van der Waals surface area contributed by atoms with Crippen LogP contribution in [0.15, 0.2) is 24.3 Å². The number of piperazine rings is 1. The number of carbonyl (C=O) groups is 1. The largest absolute Gasteiger partial charge is 0.333 e. The van der Waals surface area contributed by atoms with Crippen LogP contribution in [0.3, 0.4) is 0 Å². The lowest BCUT2D eigenvalue weighted by molar-refractivity contribution is 0.0533. The molecule has 2 rings (SSSR count). The molecule has 1 aromatic rings. The van der Waals surface area contributed by atoms with Crippen LogP contribution in [0.1, 0.15) is 17.3 Å². The quantitative estimate of drug-likeness (QED) is 0.764. The highest BCUT2D eigenvalue weighted by Gasteiger charge is 2.26. The Bertz CT molecular complexity index is 404. The predicted octanol–water partition coefficient (Wildman–Crippen LogP) is 2.12. The van der Waals surface area contributed by atoms with Gasteiger partial charge < -0.3 is 9.80 Å². The Morgan fingerprint density at radius 1 is 1.29 bits per heavy atom. The van der Waals surface area contributed by atoms with Gasteiger partial charge in [0.25, 0.3) is 5.91 Å². The van der Waals surface area contributed by atoms with Crippen LogP contribution in [0.5, 0.6) is 0 Å². The van der Waals surface area contributed by atoms with Gasteiger partial charge in [0.05, 0.1) is 0 Å². The molecular formula is C13H17ClN2O. The molecule has 0 radical (unpaired) electrons. The zero-order chi connectivity index (χ0) is 12.4. The number of hydrogen-bond acceptors (Lipinski definition) is 2. The van der Waals surface area contributed by atoms with Crippen molar-refractivity contribution in [1.82, 2.24) is 9.80 Å². The Morgan fingerprint density at radius 3 is 2.53 bits per heavy atom. The standard InChI is InChI=1S/C13H17ClN2O/c1-10-9-15(2)7-8-16(10)13(17)11-3-5-12(14)6-4-11/h3-6,10H,7-9H2,1-2H3. The molecule has 4 heteroatoms. The molecule has 0 aromatic heterocycles. The Kier molecular flexibility index (Phi) is 3.69. The number of amides is 1. The molecule has 0 aliphatic carbocycles. The van der Waals surface area contributed by atoms with Crippen LogP contribution in [-0.2, 0) is 0 Å². The van der Waals surface area contributed by atoms with Crippen molar-refractivity contribution in [1.29, 1.82) is 0 Å². The van der Waals surface area contributed by atoms with Gasteiger partial charge in [0, 0.05) is 36.3 Å².